The van der Waals surface area contributed by atoms with Crippen molar-refractivity contribution >= 4 is 17.8 Å². The third kappa shape index (κ3) is 2.81. The second-order valence-corrected chi connectivity index (χ2v) is 5.17. The molecule has 2 heterocycles. The van der Waals surface area contributed by atoms with Gasteiger partial charge in [0.25, 0.3) is 11.8 Å². The summed E-state index contributed by atoms with van der Waals surface area (Å²) >= 11 is 0. The highest BCUT2D eigenvalue weighted by molar-refractivity contribution is 6.22. The maximum Gasteiger partial charge on any atom is 0.338 e. The van der Waals surface area contributed by atoms with Gasteiger partial charge in [-0.05, 0) is 30.3 Å². The molecule has 0 unspecified atom stereocenters. The molecule has 0 fully saturated rings. The van der Waals surface area contributed by atoms with Gasteiger partial charge in [0.05, 0.1) is 22.4 Å². The molecule has 1 aromatic heterocycles. The van der Waals surface area contributed by atoms with Crippen LogP contribution in [0.1, 0.15) is 36.8 Å². The monoisotopic (exact) mass is 322 g/mol. The van der Waals surface area contributed by atoms with Crippen LogP contribution in [0.25, 0.3) is 0 Å². The lowest BCUT2D eigenvalue weighted by Crippen LogP contribution is -2.29. The topological polar surface area (TPSA) is 76.6 Å². The highest BCUT2D eigenvalue weighted by Gasteiger charge is 2.35. The van der Waals surface area contributed by atoms with E-state index in [0.29, 0.717) is 5.69 Å². The van der Waals surface area contributed by atoms with E-state index in [-0.39, 0.29) is 35.7 Å². The van der Waals surface area contributed by atoms with Crippen LogP contribution >= 0.6 is 0 Å². The van der Waals surface area contributed by atoms with Gasteiger partial charge in [-0.25, -0.2) is 4.79 Å². The lowest BCUT2D eigenvalue weighted by atomic mass is 10.1. The first-order chi connectivity index (χ1) is 11.6. The molecule has 6 nitrogen and oxygen atoms in total. The van der Waals surface area contributed by atoms with Crippen molar-refractivity contribution < 1.29 is 19.1 Å². The number of fused-ring (bicyclic) bond motifs is 1. The zero-order valence-electron chi connectivity index (χ0n) is 12.8. The Hall–Kier alpha value is -3.28. The molecule has 0 bridgehead atoms. The largest absolute Gasteiger partial charge is 0.456 e. The van der Waals surface area contributed by atoms with Gasteiger partial charge in [0.2, 0.25) is 0 Å². The average Bonchev–Trinajstić information content (AvgIpc) is 2.85. The number of pyridine rings is 1. The molecule has 120 valence electrons. The Balaban J connectivity index is 1.77. The van der Waals surface area contributed by atoms with Gasteiger partial charge in [0.15, 0.2) is 0 Å². The highest BCUT2D eigenvalue weighted by atomic mass is 16.5. The Labute approximate surface area is 138 Å². The predicted octanol–water partition coefficient (Wildman–Crippen LogP) is 2.22. The van der Waals surface area contributed by atoms with Crippen molar-refractivity contribution in [3.63, 3.8) is 0 Å². The fraction of sp³-hybridized carbons (Fsp3) is 0.111. The summed E-state index contributed by atoms with van der Waals surface area (Å²) in [6.07, 6.45) is 3.08. The molecular weight excluding hydrogens is 308 g/mol. The van der Waals surface area contributed by atoms with Gasteiger partial charge in [0.1, 0.15) is 6.61 Å². The number of rotatable bonds is 5. The quantitative estimate of drug-likeness (QED) is 0.479. The summed E-state index contributed by atoms with van der Waals surface area (Å²) in [6, 6.07) is 9.64. The van der Waals surface area contributed by atoms with E-state index in [1.807, 2.05) is 0 Å². The Morgan fingerprint density at radius 3 is 2.67 bits per heavy atom. The Kier molecular flexibility index (Phi) is 4.20. The molecule has 2 aromatic rings. The van der Waals surface area contributed by atoms with Gasteiger partial charge in [-0.15, -0.1) is 6.58 Å². The molecule has 3 rings (SSSR count). The van der Waals surface area contributed by atoms with E-state index in [4.69, 9.17) is 4.74 Å². The lowest BCUT2D eigenvalue weighted by Gasteiger charge is -2.09. The molecule has 2 amide bonds. The van der Waals surface area contributed by atoms with Crippen molar-refractivity contribution in [1.82, 2.24) is 9.88 Å². The number of carbonyl (C=O) groups is 3. The molecule has 1 aliphatic rings. The Morgan fingerprint density at radius 2 is 1.96 bits per heavy atom. The molecule has 24 heavy (non-hydrogen) atoms. The number of benzene rings is 1. The number of carbonyl (C=O) groups excluding carboxylic acids is 3. The molecule has 0 saturated carbocycles. The second kappa shape index (κ2) is 6.45. The molecule has 0 spiro atoms. The third-order valence-electron chi connectivity index (χ3n) is 3.60. The summed E-state index contributed by atoms with van der Waals surface area (Å²) in [7, 11) is 0. The van der Waals surface area contributed by atoms with Crippen LogP contribution in [-0.2, 0) is 11.3 Å². The molecule has 0 atom stereocenters. The molecule has 0 radical (unpaired) electrons. The molecule has 0 saturated heterocycles. The molecular formula is C18H14N2O4. The number of esters is 1. The summed E-state index contributed by atoms with van der Waals surface area (Å²) < 4.78 is 5.18. The number of hydrogen-bond acceptors (Lipinski definition) is 5. The Bertz CT molecular complexity index is 830. The smallest absolute Gasteiger partial charge is 0.338 e. The fourth-order valence-electron chi connectivity index (χ4n) is 2.42. The van der Waals surface area contributed by atoms with Gasteiger partial charge in [-0.2, -0.15) is 0 Å². The first-order valence-electron chi connectivity index (χ1n) is 7.30. The highest BCUT2D eigenvalue weighted by Crippen LogP contribution is 2.24. The second-order valence-electron chi connectivity index (χ2n) is 5.17. The van der Waals surface area contributed by atoms with Crippen LogP contribution in [0.2, 0.25) is 0 Å². The third-order valence-corrected chi connectivity index (χ3v) is 3.60. The minimum Gasteiger partial charge on any atom is -0.456 e. The number of imide groups is 1. The summed E-state index contributed by atoms with van der Waals surface area (Å²) in [5.74, 6) is -1.40. The normalized spacial score (nSPS) is 12.9. The number of nitrogens with zero attached hydrogens (tertiary/aromatic N) is 2. The van der Waals surface area contributed by atoms with E-state index in [0.717, 1.165) is 4.90 Å². The van der Waals surface area contributed by atoms with Gasteiger partial charge >= 0.3 is 5.97 Å². The van der Waals surface area contributed by atoms with Crippen LogP contribution in [0.3, 0.4) is 0 Å². The van der Waals surface area contributed by atoms with Crippen LogP contribution < -0.4 is 0 Å². The summed E-state index contributed by atoms with van der Waals surface area (Å²) in [4.78, 5) is 41.7. The molecule has 6 heteroatoms. The van der Waals surface area contributed by atoms with Crippen molar-refractivity contribution in [2.75, 3.05) is 6.54 Å². The van der Waals surface area contributed by atoms with Crippen LogP contribution in [0.15, 0.2) is 55.3 Å². The molecule has 1 aliphatic heterocycles. The molecule has 0 N–H and O–H groups in total. The standard InChI is InChI=1S/C18H14N2O4/c1-2-9-20-16(21)14-7-6-12(10-15(14)17(20)22)18(23)24-11-13-5-3-4-8-19-13/h2-8,10H,1,9,11H2. The van der Waals surface area contributed by atoms with Crippen LogP contribution in [-0.4, -0.2) is 34.2 Å². The van der Waals surface area contributed by atoms with E-state index >= 15 is 0 Å². The van der Waals surface area contributed by atoms with Crippen LogP contribution in [0, 0.1) is 0 Å². The molecule has 1 aromatic carbocycles. The van der Waals surface area contributed by atoms with Crippen molar-refractivity contribution in [3.8, 4) is 0 Å². The minimum absolute atomic E-state index is 0.0340. The molecule has 0 aliphatic carbocycles. The zero-order chi connectivity index (χ0) is 17.1. The van der Waals surface area contributed by atoms with E-state index in [1.165, 1.54) is 24.3 Å². The van der Waals surface area contributed by atoms with E-state index in [9.17, 15) is 14.4 Å². The van der Waals surface area contributed by atoms with E-state index in [2.05, 4.69) is 11.6 Å². The summed E-state index contributed by atoms with van der Waals surface area (Å²) in [5, 5.41) is 0. The van der Waals surface area contributed by atoms with Crippen molar-refractivity contribution in [2.45, 2.75) is 6.61 Å². The Morgan fingerprint density at radius 1 is 1.17 bits per heavy atom. The zero-order valence-corrected chi connectivity index (χ0v) is 12.8. The van der Waals surface area contributed by atoms with Crippen molar-refractivity contribution in [3.05, 3.63) is 77.6 Å². The summed E-state index contributed by atoms with van der Waals surface area (Å²) in [6.45, 7) is 3.69. The number of aromatic nitrogens is 1. The minimum atomic E-state index is -0.578. The van der Waals surface area contributed by atoms with Crippen molar-refractivity contribution in [2.24, 2.45) is 0 Å². The SMILES string of the molecule is C=CCN1C(=O)c2ccc(C(=O)OCc3ccccn3)cc2C1=O. The maximum absolute atomic E-state index is 12.2. The lowest BCUT2D eigenvalue weighted by molar-refractivity contribution is 0.0467. The van der Waals surface area contributed by atoms with E-state index in [1.54, 1.807) is 24.4 Å². The van der Waals surface area contributed by atoms with Gasteiger partial charge in [-0.3, -0.25) is 19.5 Å². The van der Waals surface area contributed by atoms with Crippen LogP contribution in [0.4, 0.5) is 0 Å². The predicted molar refractivity (Wildman–Crippen MR) is 85.4 cm³/mol. The van der Waals surface area contributed by atoms with Crippen LogP contribution in [0.5, 0.6) is 0 Å². The summed E-state index contributed by atoms with van der Waals surface area (Å²) in [5.41, 5.74) is 1.32. The van der Waals surface area contributed by atoms with E-state index < -0.39 is 11.9 Å². The van der Waals surface area contributed by atoms with Gasteiger partial charge in [0, 0.05) is 12.7 Å². The number of amides is 2. The average molecular weight is 322 g/mol. The van der Waals surface area contributed by atoms with Gasteiger partial charge < -0.3 is 4.74 Å². The fourth-order valence-corrected chi connectivity index (χ4v) is 2.42. The maximum atomic E-state index is 12.2. The first-order valence-corrected chi connectivity index (χ1v) is 7.30. The van der Waals surface area contributed by atoms with Crippen molar-refractivity contribution in [1.29, 1.82) is 0 Å². The van der Waals surface area contributed by atoms with Gasteiger partial charge in [-0.1, -0.05) is 12.1 Å². The number of hydrogen-bond donors (Lipinski definition) is 0. The number of ether oxygens (including phenoxy) is 1. The first kappa shape index (κ1) is 15.6.